The second kappa shape index (κ2) is 15.8. The molecule has 1 aliphatic heterocycles. The molecule has 10 aromatic rings. The van der Waals surface area contributed by atoms with Gasteiger partial charge in [0.25, 0.3) is 0 Å². The molecule has 0 bridgehead atoms. The molecule has 4 heterocycles. The molecule has 11 rings (SSSR count). The van der Waals surface area contributed by atoms with Crippen molar-refractivity contribution >= 4 is 56.0 Å². The van der Waals surface area contributed by atoms with Crippen molar-refractivity contribution in [2.45, 2.75) is 0 Å². The van der Waals surface area contributed by atoms with Crippen LogP contribution in [-0.2, 0) is 21.1 Å². The summed E-state index contributed by atoms with van der Waals surface area (Å²) in [5.41, 5.74) is 11.1. The molecule has 3 aromatic heterocycles. The molecular formula is C53H35N6Pt-3. The van der Waals surface area contributed by atoms with Gasteiger partial charge in [-0.15, -0.1) is 65.8 Å². The fraction of sp³-hybridized carbons (Fsp3) is 0. The Morgan fingerprint density at radius 3 is 1.82 bits per heavy atom. The number of fused-ring (bicyclic) bond motifs is 4. The van der Waals surface area contributed by atoms with Crippen molar-refractivity contribution in [2.24, 2.45) is 0 Å². The van der Waals surface area contributed by atoms with Crippen molar-refractivity contribution in [3.8, 4) is 11.5 Å². The molecule has 0 atom stereocenters. The Balaban J connectivity index is 0.00000433. The summed E-state index contributed by atoms with van der Waals surface area (Å²) < 4.78 is 4.36. The fourth-order valence-electron chi connectivity index (χ4n) is 8.27. The molecule has 0 fully saturated rings. The zero-order chi connectivity index (χ0) is 39.1. The van der Waals surface area contributed by atoms with Crippen LogP contribution in [0.1, 0.15) is 22.3 Å². The van der Waals surface area contributed by atoms with Crippen LogP contribution in [0.3, 0.4) is 0 Å². The van der Waals surface area contributed by atoms with Crippen molar-refractivity contribution in [1.82, 2.24) is 19.1 Å². The van der Waals surface area contributed by atoms with Crippen molar-refractivity contribution in [3.63, 3.8) is 0 Å². The minimum atomic E-state index is 0. The first kappa shape index (κ1) is 37.0. The first-order valence-corrected chi connectivity index (χ1v) is 19.7. The van der Waals surface area contributed by atoms with E-state index in [9.17, 15) is 0 Å². The van der Waals surface area contributed by atoms with E-state index < -0.39 is 0 Å². The van der Waals surface area contributed by atoms with Gasteiger partial charge in [0.1, 0.15) is 23.8 Å². The van der Waals surface area contributed by atoms with Crippen LogP contribution in [0.4, 0.5) is 23.0 Å². The number of imidazole rings is 1. The van der Waals surface area contributed by atoms with E-state index in [-0.39, 0.29) is 21.1 Å². The maximum absolute atomic E-state index is 5.03. The first-order valence-electron chi connectivity index (χ1n) is 19.7. The minimum Gasteiger partial charge on any atom is -0.472 e. The predicted molar refractivity (Wildman–Crippen MR) is 239 cm³/mol. The summed E-state index contributed by atoms with van der Waals surface area (Å²) in [6.07, 6.45) is 3.75. The predicted octanol–water partition coefficient (Wildman–Crippen LogP) is 12.4. The summed E-state index contributed by atoms with van der Waals surface area (Å²) in [5.74, 6) is 2.61. The maximum atomic E-state index is 5.03. The average molecular weight is 951 g/mol. The molecule has 0 unspecified atom stereocenters. The van der Waals surface area contributed by atoms with Gasteiger partial charge in [-0.1, -0.05) is 132 Å². The molecule has 0 saturated heterocycles. The van der Waals surface area contributed by atoms with Crippen LogP contribution in [0.5, 0.6) is 0 Å². The number of rotatable bonds is 8. The number of benzene rings is 7. The summed E-state index contributed by atoms with van der Waals surface area (Å²) in [5, 5.41) is 2.27. The van der Waals surface area contributed by atoms with Crippen LogP contribution in [0.25, 0.3) is 44.5 Å². The molecule has 290 valence electrons. The fourth-order valence-corrected chi connectivity index (χ4v) is 8.27. The molecule has 7 aromatic carbocycles. The van der Waals surface area contributed by atoms with E-state index >= 15 is 0 Å². The van der Waals surface area contributed by atoms with Crippen LogP contribution in [0.2, 0.25) is 0 Å². The van der Waals surface area contributed by atoms with Crippen LogP contribution in [-0.4, -0.2) is 19.1 Å². The second-order valence-electron chi connectivity index (χ2n) is 14.4. The van der Waals surface area contributed by atoms with Crippen molar-refractivity contribution in [1.29, 1.82) is 0 Å². The molecule has 6 nitrogen and oxygen atoms in total. The van der Waals surface area contributed by atoms with Crippen molar-refractivity contribution < 1.29 is 21.1 Å². The van der Waals surface area contributed by atoms with Gasteiger partial charge in [-0.05, 0) is 70.1 Å². The van der Waals surface area contributed by atoms with E-state index in [0.717, 1.165) is 89.7 Å². The third kappa shape index (κ3) is 6.43. The molecule has 7 heteroatoms. The van der Waals surface area contributed by atoms with Gasteiger partial charge in [-0.25, -0.2) is 9.97 Å². The summed E-state index contributed by atoms with van der Waals surface area (Å²) in [7, 11) is 0. The van der Waals surface area contributed by atoms with E-state index in [2.05, 4.69) is 208 Å². The first-order chi connectivity index (χ1) is 29.3. The van der Waals surface area contributed by atoms with Gasteiger partial charge in [0.15, 0.2) is 0 Å². The zero-order valence-electron chi connectivity index (χ0n) is 32.2. The number of pyridine rings is 1. The second-order valence-corrected chi connectivity index (χ2v) is 14.4. The normalized spacial score (nSPS) is 12.1. The quantitative estimate of drug-likeness (QED) is 0.112. The van der Waals surface area contributed by atoms with Gasteiger partial charge in [0, 0.05) is 44.2 Å². The summed E-state index contributed by atoms with van der Waals surface area (Å²) in [6.45, 7) is 2.12. The molecule has 0 spiro atoms. The Hall–Kier alpha value is -7.27. The van der Waals surface area contributed by atoms with Crippen molar-refractivity contribution in [2.75, 3.05) is 9.80 Å². The van der Waals surface area contributed by atoms with Gasteiger partial charge in [0.05, 0.1) is 0 Å². The number of aromatic nitrogens is 4. The average Bonchev–Trinajstić information content (AvgIpc) is 4.01. The van der Waals surface area contributed by atoms with Crippen LogP contribution < -0.4 is 9.80 Å². The van der Waals surface area contributed by atoms with E-state index in [1.165, 1.54) is 0 Å². The van der Waals surface area contributed by atoms with E-state index in [1.807, 2.05) is 36.8 Å². The number of hydrogen-bond acceptors (Lipinski definition) is 4. The van der Waals surface area contributed by atoms with Gasteiger partial charge >= 0.3 is 0 Å². The smallest absolute Gasteiger partial charge is 0.145 e. The minimum absolute atomic E-state index is 0. The Bertz CT molecular complexity index is 3080. The number of para-hydroxylation sites is 3. The Kier molecular flexibility index (Phi) is 9.76. The number of hydrogen-bond donors (Lipinski definition) is 0. The number of anilines is 4. The van der Waals surface area contributed by atoms with Gasteiger partial charge in [-0.3, -0.25) is 4.57 Å². The molecule has 0 amide bonds. The molecule has 0 aliphatic carbocycles. The van der Waals surface area contributed by atoms with E-state index in [0.29, 0.717) is 0 Å². The van der Waals surface area contributed by atoms with E-state index in [1.54, 1.807) is 0 Å². The zero-order valence-corrected chi connectivity index (χ0v) is 34.5. The molecular weight excluding hydrogens is 916 g/mol. The Labute approximate surface area is 363 Å². The Morgan fingerprint density at radius 1 is 0.483 bits per heavy atom. The van der Waals surface area contributed by atoms with Crippen LogP contribution in [0, 0.1) is 18.8 Å². The largest absolute Gasteiger partial charge is 0.472 e. The Morgan fingerprint density at radius 2 is 1.12 bits per heavy atom. The third-order valence-electron chi connectivity index (χ3n) is 10.9. The molecule has 1 aliphatic rings. The van der Waals surface area contributed by atoms with Gasteiger partial charge in [0.2, 0.25) is 0 Å². The van der Waals surface area contributed by atoms with Crippen LogP contribution >= 0.6 is 0 Å². The summed E-state index contributed by atoms with van der Waals surface area (Å²) in [6, 6.07) is 75.3. The van der Waals surface area contributed by atoms with Crippen LogP contribution in [0.15, 0.2) is 207 Å². The molecule has 0 saturated carbocycles. The molecule has 0 radical (unpaired) electrons. The standard InChI is InChI=1S/C53H35N6.Pt/c1-5-18-38(19-6-1)50(39-20-7-2-8-21-39)51(41-31-32-46-45-28-13-14-29-47(45)59(48(46)35-41)49-30-15-16-33-54-49)40-22-17-27-44(34-40)57-37-58(43-25-11-4-12-26-43)53-52(57)55-36-56(53)42-23-9-3-10-24-42;/h1-33,36-37H;/q-3;. The molecule has 60 heavy (non-hydrogen) atoms. The van der Waals surface area contributed by atoms with E-state index in [4.69, 9.17) is 9.97 Å². The van der Waals surface area contributed by atoms with Gasteiger partial charge in [-0.2, -0.15) is 0 Å². The number of nitrogens with zero attached hydrogens (tertiary/aromatic N) is 6. The summed E-state index contributed by atoms with van der Waals surface area (Å²) in [4.78, 5) is 14.2. The monoisotopic (exact) mass is 950 g/mol. The third-order valence-corrected chi connectivity index (χ3v) is 10.9. The van der Waals surface area contributed by atoms with Crippen molar-refractivity contribution in [3.05, 3.63) is 248 Å². The SMILES string of the molecule is [Pt].[c-]1c(C(=C(c2ccccc2)c2ccccc2)c2[c-]c3c(cc2)c2ccccc2n3-c2ccccn2)cccc1N1[CH-]N(c2ccccc2)c2c1ncn2-c1ccccc1. The topological polar surface area (TPSA) is 42.1 Å². The molecule has 0 N–H and O–H groups in total. The summed E-state index contributed by atoms with van der Waals surface area (Å²) >= 11 is 0. The maximum Gasteiger partial charge on any atom is 0.145 e. The van der Waals surface area contributed by atoms with Gasteiger partial charge < -0.3 is 14.4 Å².